The number of rotatable bonds is 5. The minimum Gasteiger partial charge on any atom is -0.377 e. The maximum atomic E-state index is 12.1. The standard InChI is InChI=1S/C15H20BrNO2/c1-17(10-14-4-2-3-9-19-14)11-15(18)12-5-7-13(16)8-6-12/h5-8,14H,2-4,9-11H2,1H3. The first-order valence-corrected chi connectivity index (χ1v) is 7.53. The summed E-state index contributed by atoms with van der Waals surface area (Å²) in [5.41, 5.74) is 0.764. The van der Waals surface area contributed by atoms with Crippen molar-refractivity contribution in [2.24, 2.45) is 0 Å². The van der Waals surface area contributed by atoms with Crippen molar-refractivity contribution >= 4 is 21.7 Å². The van der Waals surface area contributed by atoms with Gasteiger partial charge in [-0.15, -0.1) is 0 Å². The number of carbonyl (C=O) groups excluding carboxylic acids is 1. The smallest absolute Gasteiger partial charge is 0.176 e. The highest BCUT2D eigenvalue weighted by atomic mass is 79.9. The van der Waals surface area contributed by atoms with E-state index in [0.29, 0.717) is 6.54 Å². The lowest BCUT2D eigenvalue weighted by atomic mass is 10.1. The van der Waals surface area contributed by atoms with Crippen molar-refractivity contribution in [2.45, 2.75) is 25.4 Å². The van der Waals surface area contributed by atoms with Crippen LogP contribution >= 0.6 is 15.9 Å². The van der Waals surface area contributed by atoms with Gasteiger partial charge in [-0.2, -0.15) is 0 Å². The summed E-state index contributed by atoms with van der Waals surface area (Å²) >= 11 is 3.37. The van der Waals surface area contributed by atoms with E-state index >= 15 is 0 Å². The van der Waals surface area contributed by atoms with Gasteiger partial charge in [0.25, 0.3) is 0 Å². The van der Waals surface area contributed by atoms with Crippen LogP contribution in [-0.4, -0.2) is 43.5 Å². The summed E-state index contributed by atoms with van der Waals surface area (Å²) in [4.78, 5) is 14.2. The lowest BCUT2D eigenvalue weighted by molar-refractivity contribution is -0.000668. The molecule has 104 valence electrons. The zero-order chi connectivity index (χ0) is 13.7. The van der Waals surface area contributed by atoms with Crippen molar-refractivity contribution in [3.05, 3.63) is 34.3 Å². The van der Waals surface area contributed by atoms with E-state index in [1.807, 2.05) is 31.3 Å². The highest BCUT2D eigenvalue weighted by Gasteiger charge is 2.17. The van der Waals surface area contributed by atoms with Crippen LogP contribution in [0.5, 0.6) is 0 Å². The molecule has 4 heteroatoms. The molecule has 1 unspecified atom stereocenters. The van der Waals surface area contributed by atoms with E-state index in [1.165, 1.54) is 6.42 Å². The van der Waals surface area contributed by atoms with Gasteiger partial charge in [0.2, 0.25) is 0 Å². The van der Waals surface area contributed by atoms with Gasteiger partial charge >= 0.3 is 0 Å². The third-order valence-electron chi connectivity index (χ3n) is 3.37. The van der Waals surface area contributed by atoms with Crippen molar-refractivity contribution < 1.29 is 9.53 Å². The third kappa shape index (κ3) is 4.71. The molecule has 0 N–H and O–H groups in total. The third-order valence-corrected chi connectivity index (χ3v) is 3.90. The summed E-state index contributed by atoms with van der Waals surface area (Å²) in [6, 6.07) is 7.52. The SMILES string of the molecule is CN(CC(=O)c1ccc(Br)cc1)CC1CCCCO1. The number of hydrogen-bond acceptors (Lipinski definition) is 3. The van der Waals surface area contributed by atoms with E-state index in [-0.39, 0.29) is 11.9 Å². The topological polar surface area (TPSA) is 29.5 Å². The zero-order valence-corrected chi connectivity index (χ0v) is 12.9. The number of halogens is 1. The van der Waals surface area contributed by atoms with Gasteiger partial charge in [0.1, 0.15) is 0 Å². The van der Waals surface area contributed by atoms with Crippen molar-refractivity contribution in [1.82, 2.24) is 4.90 Å². The van der Waals surface area contributed by atoms with Crippen LogP contribution in [0, 0.1) is 0 Å². The Labute approximate surface area is 123 Å². The molecular weight excluding hydrogens is 306 g/mol. The molecule has 1 aromatic rings. The normalized spacial score (nSPS) is 19.6. The molecule has 1 fully saturated rings. The van der Waals surface area contributed by atoms with E-state index in [9.17, 15) is 4.79 Å². The summed E-state index contributed by atoms with van der Waals surface area (Å²) in [6.45, 7) is 2.14. The second-order valence-corrected chi connectivity index (χ2v) is 6.03. The molecule has 19 heavy (non-hydrogen) atoms. The number of carbonyl (C=O) groups is 1. The largest absolute Gasteiger partial charge is 0.377 e. The molecule has 1 aliphatic heterocycles. The van der Waals surface area contributed by atoms with E-state index in [1.54, 1.807) is 0 Å². The lowest BCUT2D eigenvalue weighted by Crippen LogP contribution is -2.36. The first-order valence-electron chi connectivity index (χ1n) is 6.74. The Balaban J connectivity index is 1.82. The number of ether oxygens (including phenoxy) is 1. The van der Waals surface area contributed by atoms with Gasteiger partial charge in [-0.25, -0.2) is 0 Å². The fourth-order valence-corrected chi connectivity index (χ4v) is 2.60. The Bertz CT molecular complexity index is 413. The van der Waals surface area contributed by atoms with Gasteiger partial charge < -0.3 is 4.74 Å². The molecule has 0 aromatic heterocycles. The molecule has 0 amide bonds. The summed E-state index contributed by atoms with van der Waals surface area (Å²) in [6.07, 6.45) is 3.80. The number of benzene rings is 1. The van der Waals surface area contributed by atoms with Crippen LogP contribution in [0.25, 0.3) is 0 Å². The molecule has 1 aliphatic rings. The molecular formula is C15H20BrNO2. The Morgan fingerprint density at radius 3 is 2.74 bits per heavy atom. The minimum atomic E-state index is 0.158. The number of nitrogens with zero attached hydrogens (tertiary/aromatic N) is 1. The van der Waals surface area contributed by atoms with Crippen LogP contribution < -0.4 is 0 Å². The van der Waals surface area contributed by atoms with Crippen molar-refractivity contribution in [1.29, 1.82) is 0 Å². The highest BCUT2D eigenvalue weighted by molar-refractivity contribution is 9.10. The summed E-state index contributed by atoms with van der Waals surface area (Å²) in [5.74, 6) is 0.158. The Kier molecular flexibility index (Phi) is 5.55. The van der Waals surface area contributed by atoms with E-state index in [0.717, 1.165) is 36.0 Å². The number of ketones is 1. The number of Topliss-reactive ketones (excluding diaryl/α,β-unsaturated/α-hetero) is 1. The molecule has 1 aromatic carbocycles. The predicted molar refractivity (Wildman–Crippen MR) is 79.6 cm³/mol. The fourth-order valence-electron chi connectivity index (χ4n) is 2.34. The van der Waals surface area contributed by atoms with Crippen molar-refractivity contribution in [2.75, 3.05) is 26.7 Å². The highest BCUT2D eigenvalue weighted by Crippen LogP contribution is 2.14. The van der Waals surface area contributed by atoms with Gasteiger partial charge in [-0.1, -0.05) is 28.1 Å². The zero-order valence-electron chi connectivity index (χ0n) is 11.3. The van der Waals surface area contributed by atoms with Crippen LogP contribution in [-0.2, 0) is 4.74 Å². The first-order chi connectivity index (χ1) is 9.15. The van der Waals surface area contributed by atoms with Crippen molar-refractivity contribution in [3.63, 3.8) is 0 Å². The maximum Gasteiger partial charge on any atom is 0.176 e. The maximum absolute atomic E-state index is 12.1. The average molecular weight is 326 g/mol. The van der Waals surface area contributed by atoms with E-state index < -0.39 is 0 Å². The van der Waals surface area contributed by atoms with E-state index in [2.05, 4.69) is 20.8 Å². The Hall–Kier alpha value is -0.710. The second kappa shape index (κ2) is 7.17. The van der Waals surface area contributed by atoms with Gasteiger partial charge in [0, 0.05) is 23.2 Å². The summed E-state index contributed by atoms with van der Waals surface area (Å²) < 4.78 is 6.69. The summed E-state index contributed by atoms with van der Waals surface area (Å²) in [7, 11) is 1.98. The first kappa shape index (κ1) is 14.7. The van der Waals surface area contributed by atoms with Gasteiger partial charge in [-0.3, -0.25) is 9.69 Å². The molecule has 3 nitrogen and oxygen atoms in total. The molecule has 0 bridgehead atoms. The Morgan fingerprint density at radius 1 is 1.37 bits per heavy atom. The average Bonchev–Trinajstić information content (AvgIpc) is 2.40. The quantitative estimate of drug-likeness (QED) is 0.779. The van der Waals surface area contributed by atoms with Crippen LogP contribution in [0.2, 0.25) is 0 Å². The molecule has 0 saturated carbocycles. The molecule has 1 saturated heterocycles. The monoisotopic (exact) mass is 325 g/mol. The molecule has 1 atom stereocenters. The number of hydrogen-bond donors (Lipinski definition) is 0. The summed E-state index contributed by atoms with van der Waals surface area (Å²) in [5, 5.41) is 0. The lowest BCUT2D eigenvalue weighted by Gasteiger charge is -2.27. The molecule has 1 heterocycles. The van der Waals surface area contributed by atoms with Gasteiger partial charge in [0.05, 0.1) is 12.6 Å². The fraction of sp³-hybridized carbons (Fsp3) is 0.533. The van der Waals surface area contributed by atoms with Gasteiger partial charge in [-0.05, 0) is 38.4 Å². The van der Waals surface area contributed by atoms with Crippen LogP contribution in [0.15, 0.2) is 28.7 Å². The molecule has 0 radical (unpaired) electrons. The molecule has 0 spiro atoms. The molecule has 0 aliphatic carbocycles. The van der Waals surface area contributed by atoms with Crippen LogP contribution in [0.1, 0.15) is 29.6 Å². The van der Waals surface area contributed by atoms with E-state index in [4.69, 9.17) is 4.74 Å². The molecule has 2 rings (SSSR count). The van der Waals surface area contributed by atoms with Gasteiger partial charge in [0.15, 0.2) is 5.78 Å². The predicted octanol–water partition coefficient (Wildman–Crippen LogP) is 3.13. The Morgan fingerprint density at radius 2 is 2.11 bits per heavy atom. The van der Waals surface area contributed by atoms with Crippen LogP contribution in [0.3, 0.4) is 0 Å². The van der Waals surface area contributed by atoms with Crippen molar-refractivity contribution in [3.8, 4) is 0 Å². The minimum absolute atomic E-state index is 0.158. The number of likely N-dealkylation sites (N-methyl/N-ethyl adjacent to an activating group) is 1. The van der Waals surface area contributed by atoms with Crippen LogP contribution in [0.4, 0.5) is 0 Å². The second-order valence-electron chi connectivity index (χ2n) is 5.12.